The van der Waals surface area contributed by atoms with Gasteiger partial charge >= 0.3 is 0 Å². The molecule has 0 spiro atoms. The summed E-state index contributed by atoms with van der Waals surface area (Å²) in [6.07, 6.45) is 13.8. The molecule has 1 saturated heterocycles. The van der Waals surface area contributed by atoms with Crippen molar-refractivity contribution in [2.24, 2.45) is 0 Å². The maximum Gasteiger partial charge on any atom is 0.244 e. The number of piperidine rings is 1. The minimum absolute atomic E-state index is 0.0391. The van der Waals surface area contributed by atoms with E-state index in [1.54, 1.807) is 18.5 Å². The van der Waals surface area contributed by atoms with Crippen LogP contribution < -0.4 is 5.32 Å². The Morgan fingerprint density at radius 1 is 1.06 bits per heavy atom. The van der Waals surface area contributed by atoms with Crippen molar-refractivity contribution in [2.75, 3.05) is 13.1 Å². The predicted octanol–water partition coefficient (Wildman–Crippen LogP) is 3.75. The Bertz CT molecular complexity index is 1060. The molecule has 3 heterocycles. The summed E-state index contributed by atoms with van der Waals surface area (Å²) in [6.45, 7) is 2.86. The summed E-state index contributed by atoms with van der Waals surface area (Å²) in [6, 6.07) is 15.2. The van der Waals surface area contributed by atoms with E-state index in [1.807, 2.05) is 47.3 Å². The highest BCUT2D eigenvalue weighted by molar-refractivity contribution is 5.93. The first-order valence-corrected chi connectivity index (χ1v) is 11.5. The SMILES string of the molecule is O=C(/C=C/c1cn(Cc2ccccc2)nc1-c1cccnc1)NC1CCN(C2CC2)CC1. The van der Waals surface area contributed by atoms with E-state index in [0.717, 1.165) is 48.8 Å². The number of aromatic nitrogens is 3. The molecule has 1 aliphatic heterocycles. The summed E-state index contributed by atoms with van der Waals surface area (Å²) in [4.78, 5) is 19.4. The summed E-state index contributed by atoms with van der Waals surface area (Å²) in [5, 5.41) is 7.97. The summed E-state index contributed by atoms with van der Waals surface area (Å²) in [5.41, 5.74) is 3.86. The van der Waals surface area contributed by atoms with Crippen LogP contribution in [-0.2, 0) is 11.3 Å². The fourth-order valence-electron chi connectivity index (χ4n) is 4.40. The van der Waals surface area contributed by atoms with Gasteiger partial charge in [0.1, 0.15) is 5.69 Å². The van der Waals surface area contributed by atoms with Gasteiger partial charge in [-0.15, -0.1) is 0 Å². The van der Waals surface area contributed by atoms with Crippen LogP contribution in [0.2, 0.25) is 0 Å². The van der Waals surface area contributed by atoms with Crippen LogP contribution in [0.4, 0.5) is 0 Å². The first-order chi connectivity index (χ1) is 15.7. The highest BCUT2D eigenvalue weighted by Crippen LogP contribution is 2.29. The first kappa shape index (κ1) is 20.6. The smallest absolute Gasteiger partial charge is 0.244 e. The standard InChI is InChI=1S/C26H29N5O/c32-25(28-23-12-15-30(16-13-23)24-9-10-24)11-8-22-19-31(18-20-5-2-1-3-6-20)29-26(22)21-7-4-14-27-17-21/h1-8,11,14,17,19,23-24H,9-10,12-13,15-16,18H2,(H,28,32)/b11-8+. The third kappa shape index (κ3) is 5.14. The molecule has 1 N–H and O–H groups in total. The maximum atomic E-state index is 12.6. The number of nitrogens with one attached hydrogen (secondary N) is 1. The zero-order valence-electron chi connectivity index (χ0n) is 18.2. The minimum atomic E-state index is -0.0391. The summed E-state index contributed by atoms with van der Waals surface area (Å²) in [7, 11) is 0. The number of nitrogens with zero attached hydrogens (tertiary/aromatic N) is 4. The van der Waals surface area contributed by atoms with Crippen LogP contribution in [0, 0.1) is 0 Å². The molecule has 5 rings (SSSR count). The largest absolute Gasteiger partial charge is 0.350 e. The van der Waals surface area contributed by atoms with Gasteiger partial charge < -0.3 is 10.2 Å². The third-order valence-corrected chi connectivity index (χ3v) is 6.27. The van der Waals surface area contributed by atoms with Crippen molar-refractivity contribution in [3.05, 3.63) is 78.3 Å². The van der Waals surface area contributed by atoms with E-state index in [-0.39, 0.29) is 11.9 Å². The highest BCUT2D eigenvalue weighted by atomic mass is 16.1. The van der Waals surface area contributed by atoms with Gasteiger partial charge in [0, 0.05) is 61.0 Å². The van der Waals surface area contributed by atoms with E-state index >= 15 is 0 Å². The summed E-state index contributed by atoms with van der Waals surface area (Å²) in [5.74, 6) is -0.0391. The van der Waals surface area contributed by atoms with Gasteiger partial charge in [-0.05, 0) is 49.5 Å². The van der Waals surface area contributed by atoms with Crippen LogP contribution in [0.3, 0.4) is 0 Å². The van der Waals surface area contributed by atoms with Gasteiger partial charge in [0.2, 0.25) is 5.91 Å². The fourth-order valence-corrected chi connectivity index (χ4v) is 4.40. The molecule has 0 radical (unpaired) electrons. The van der Waals surface area contributed by atoms with Crippen molar-refractivity contribution < 1.29 is 4.79 Å². The van der Waals surface area contributed by atoms with Crippen molar-refractivity contribution >= 4 is 12.0 Å². The number of benzene rings is 1. The Labute approximate surface area is 189 Å². The molecule has 0 atom stereocenters. The van der Waals surface area contributed by atoms with Crippen molar-refractivity contribution in [3.8, 4) is 11.3 Å². The van der Waals surface area contributed by atoms with E-state index in [9.17, 15) is 4.79 Å². The van der Waals surface area contributed by atoms with E-state index in [1.165, 1.54) is 18.4 Å². The van der Waals surface area contributed by atoms with Crippen LogP contribution in [0.15, 0.2) is 67.1 Å². The lowest BCUT2D eigenvalue weighted by atomic mass is 10.0. The first-order valence-electron chi connectivity index (χ1n) is 11.5. The quantitative estimate of drug-likeness (QED) is 0.584. The van der Waals surface area contributed by atoms with Crippen molar-refractivity contribution in [3.63, 3.8) is 0 Å². The second-order valence-electron chi connectivity index (χ2n) is 8.74. The van der Waals surface area contributed by atoms with Crippen LogP contribution in [0.5, 0.6) is 0 Å². The predicted molar refractivity (Wildman–Crippen MR) is 126 cm³/mol. The Kier molecular flexibility index (Phi) is 6.12. The van der Waals surface area contributed by atoms with Gasteiger partial charge in [-0.3, -0.25) is 14.5 Å². The molecule has 2 aliphatic rings. The van der Waals surface area contributed by atoms with Crippen LogP contribution in [0.25, 0.3) is 17.3 Å². The van der Waals surface area contributed by atoms with Gasteiger partial charge in [0.15, 0.2) is 0 Å². The molecule has 6 heteroatoms. The van der Waals surface area contributed by atoms with Crippen LogP contribution >= 0.6 is 0 Å². The Morgan fingerprint density at radius 3 is 2.59 bits per heavy atom. The Morgan fingerprint density at radius 2 is 1.88 bits per heavy atom. The number of rotatable bonds is 7. The van der Waals surface area contributed by atoms with Crippen LogP contribution in [-0.4, -0.2) is 50.7 Å². The highest BCUT2D eigenvalue weighted by Gasteiger charge is 2.31. The van der Waals surface area contributed by atoms with Crippen LogP contribution in [0.1, 0.15) is 36.8 Å². The lowest BCUT2D eigenvalue weighted by Gasteiger charge is -2.32. The molecule has 3 aromatic rings. The number of likely N-dealkylation sites (tertiary alicyclic amines) is 1. The molecule has 1 aliphatic carbocycles. The molecule has 0 bridgehead atoms. The lowest BCUT2D eigenvalue weighted by molar-refractivity contribution is -0.117. The second kappa shape index (κ2) is 9.49. The minimum Gasteiger partial charge on any atom is -0.350 e. The number of pyridine rings is 1. The molecule has 1 aromatic carbocycles. The van der Waals surface area contributed by atoms with E-state index in [2.05, 4.69) is 27.3 Å². The summed E-state index contributed by atoms with van der Waals surface area (Å²) < 4.78 is 1.92. The van der Waals surface area contributed by atoms with Gasteiger partial charge in [-0.1, -0.05) is 30.3 Å². The zero-order valence-corrected chi connectivity index (χ0v) is 18.2. The Balaban J connectivity index is 1.28. The molecular weight excluding hydrogens is 398 g/mol. The number of hydrogen-bond donors (Lipinski definition) is 1. The molecular formula is C26H29N5O. The fraction of sp³-hybridized carbons (Fsp3) is 0.346. The molecule has 6 nitrogen and oxygen atoms in total. The Hall–Kier alpha value is -3.25. The molecule has 2 fully saturated rings. The third-order valence-electron chi connectivity index (χ3n) is 6.27. The average Bonchev–Trinajstić information content (AvgIpc) is 3.60. The topological polar surface area (TPSA) is 63.1 Å². The maximum absolute atomic E-state index is 12.6. The molecule has 1 saturated carbocycles. The number of amides is 1. The van der Waals surface area contributed by atoms with Crippen molar-refractivity contribution in [1.29, 1.82) is 0 Å². The normalized spacial score (nSPS) is 17.6. The molecule has 1 amide bonds. The number of carbonyl (C=O) groups is 1. The monoisotopic (exact) mass is 427 g/mol. The van der Waals surface area contributed by atoms with E-state index in [0.29, 0.717) is 6.54 Å². The van der Waals surface area contributed by atoms with Gasteiger partial charge in [0.25, 0.3) is 0 Å². The van der Waals surface area contributed by atoms with Gasteiger partial charge in [-0.2, -0.15) is 5.10 Å². The van der Waals surface area contributed by atoms with Crippen molar-refractivity contribution in [2.45, 2.75) is 44.3 Å². The van der Waals surface area contributed by atoms with Gasteiger partial charge in [-0.25, -0.2) is 0 Å². The van der Waals surface area contributed by atoms with E-state index < -0.39 is 0 Å². The molecule has 164 valence electrons. The lowest BCUT2D eigenvalue weighted by Crippen LogP contribution is -2.44. The molecule has 2 aromatic heterocycles. The molecule has 0 unspecified atom stereocenters. The number of hydrogen-bond acceptors (Lipinski definition) is 4. The summed E-state index contributed by atoms with van der Waals surface area (Å²) >= 11 is 0. The zero-order chi connectivity index (χ0) is 21.8. The van der Waals surface area contributed by atoms with Crippen molar-refractivity contribution in [1.82, 2.24) is 25.0 Å². The average molecular weight is 428 g/mol. The molecule has 32 heavy (non-hydrogen) atoms. The van der Waals surface area contributed by atoms with E-state index in [4.69, 9.17) is 5.10 Å². The van der Waals surface area contributed by atoms with Gasteiger partial charge in [0.05, 0.1) is 6.54 Å². The number of carbonyl (C=O) groups excluding carboxylic acids is 1. The second-order valence-corrected chi connectivity index (χ2v) is 8.74.